The first-order chi connectivity index (χ1) is 17.2. The second kappa shape index (κ2) is 7.49. The number of pyridine rings is 2. The average Bonchev–Trinajstić information content (AvgIpc) is 3.51. The maximum Gasteiger partial charge on any atom is 0.262 e. The molecule has 1 aliphatic heterocycles. The van der Waals surface area contributed by atoms with Crippen LogP contribution in [0, 0.1) is 0 Å². The Kier molecular flexibility index (Phi) is 4.16. The summed E-state index contributed by atoms with van der Waals surface area (Å²) in [5.74, 6) is 0.926. The minimum absolute atomic E-state index is 0.137. The average molecular weight is 459 g/mol. The number of amides is 1. The Hall–Kier alpha value is -5.05. The van der Waals surface area contributed by atoms with Crippen molar-refractivity contribution >= 4 is 33.5 Å². The first kappa shape index (κ1) is 19.4. The molecule has 0 fully saturated rings. The number of imidazole rings is 1. The van der Waals surface area contributed by atoms with Gasteiger partial charge in [-0.1, -0.05) is 18.2 Å². The molecule has 8 bridgehead atoms. The lowest BCUT2D eigenvalue weighted by atomic mass is 10.0. The van der Waals surface area contributed by atoms with Crippen LogP contribution in [-0.2, 0) is 4.79 Å². The van der Waals surface area contributed by atoms with Crippen LogP contribution in [0.5, 0.6) is 5.75 Å². The predicted molar refractivity (Wildman–Crippen MR) is 132 cm³/mol. The Morgan fingerprint density at radius 2 is 1.86 bits per heavy atom. The third-order valence-corrected chi connectivity index (χ3v) is 6.02. The van der Waals surface area contributed by atoms with Crippen LogP contribution in [0.4, 0.5) is 5.69 Å². The van der Waals surface area contributed by atoms with E-state index in [0.717, 1.165) is 38.6 Å². The first-order valence-corrected chi connectivity index (χ1v) is 11.0. The van der Waals surface area contributed by atoms with E-state index in [1.165, 1.54) is 0 Å². The number of carbonyl (C=O) groups excluding carboxylic acids is 1. The van der Waals surface area contributed by atoms with Crippen molar-refractivity contribution < 1.29 is 9.53 Å². The molecule has 35 heavy (non-hydrogen) atoms. The minimum Gasteiger partial charge on any atom is -0.484 e. The monoisotopic (exact) mass is 459 g/mol. The predicted octanol–water partition coefficient (Wildman–Crippen LogP) is 4.56. The molecule has 7 rings (SSSR count). The van der Waals surface area contributed by atoms with Gasteiger partial charge in [-0.25, -0.2) is 4.98 Å². The smallest absolute Gasteiger partial charge is 0.262 e. The molecule has 1 amide bonds. The highest BCUT2D eigenvalue weighted by molar-refractivity contribution is 5.98. The van der Waals surface area contributed by atoms with Crippen molar-refractivity contribution in [3.05, 3.63) is 73.2 Å². The van der Waals surface area contributed by atoms with Crippen LogP contribution in [-0.4, -0.2) is 42.6 Å². The van der Waals surface area contributed by atoms with Gasteiger partial charge in [0.1, 0.15) is 17.0 Å². The third kappa shape index (κ3) is 3.29. The molecule has 0 aliphatic carbocycles. The molecule has 168 valence electrons. The maximum atomic E-state index is 12.6. The normalized spacial score (nSPS) is 13.0. The summed E-state index contributed by atoms with van der Waals surface area (Å²) in [7, 11) is 0. The molecule has 0 atom stereocenters. The van der Waals surface area contributed by atoms with E-state index in [9.17, 15) is 4.79 Å². The number of hydrogen-bond donors (Lipinski definition) is 3. The fourth-order valence-corrected chi connectivity index (χ4v) is 4.38. The highest BCUT2D eigenvalue weighted by atomic mass is 16.5. The summed E-state index contributed by atoms with van der Waals surface area (Å²) in [6, 6.07) is 17.2. The number of carbonyl (C=O) groups is 1. The van der Waals surface area contributed by atoms with Crippen LogP contribution in [0.1, 0.15) is 0 Å². The number of nitrogens with one attached hydrogen (secondary N) is 3. The maximum absolute atomic E-state index is 12.6. The van der Waals surface area contributed by atoms with Crippen LogP contribution in [0.15, 0.2) is 73.2 Å². The fourth-order valence-electron chi connectivity index (χ4n) is 4.38. The lowest BCUT2D eigenvalue weighted by Crippen LogP contribution is -2.20. The SMILES string of the molecule is O=C1COc2cccc(c2)-c2nccc3[nH]c(nc23)-c2n[nH]c3ccc(cc23)-c2cncc(c2)N1. The number of H-pyrrole nitrogens is 2. The van der Waals surface area contributed by atoms with Crippen LogP contribution in [0.2, 0.25) is 0 Å². The zero-order valence-corrected chi connectivity index (χ0v) is 18.2. The second-order valence-corrected chi connectivity index (χ2v) is 8.30. The minimum atomic E-state index is -0.278. The van der Waals surface area contributed by atoms with Crippen LogP contribution in [0.25, 0.3) is 55.8 Å². The highest BCUT2D eigenvalue weighted by Gasteiger charge is 2.17. The number of benzene rings is 2. The molecule has 0 radical (unpaired) electrons. The van der Waals surface area contributed by atoms with E-state index in [-0.39, 0.29) is 12.5 Å². The van der Waals surface area contributed by atoms with Crippen molar-refractivity contribution in [2.45, 2.75) is 0 Å². The first-order valence-electron chi connectivity index (χ1n) is 11.0. The summed E-state index contributed by atoms with van der Waals surface area (Å²) in [4.78, 5) is 29.7. The number of nitrogens with zero attached hydrogens (tertiary/aromatic N) is 4. The number of rotatable bonds is 0. The molecule has 6 aromatic rings. The van der Waals surface area contributed by atoms with Crippen molar-refractivity contribution in [2.24, 2.45) is 0 Å². The standard InChI is InChI=1S/C26H17N7O2/c34-22-13-35-18-3-1-2-15(9-18)23-25-21(6-7-28-23)30-26(31-25)24-19-10-14(4-5-20(19)32-33-24)16-8-17(29-22)12-27-11-16/h1-12H,13H2,(H,29,34)(H,30,31)(H,32,33). The molecule has 2 aromatic carbocycles. The lowest BCUT2D eigenvalue weighted by molar-refractivity contribution is -0.118. The second-order valence-electron chi connectivity index (χ2n) is 8.30. The van der Waals surface area contributed by atoms with E-state index in [2.05, 4.69) is 30.5 Å². The Morgan fingerprint density at radius 3 is 2.83 bits per heavy atom. The van der Waals surface area contributed by atoms with Gasteiger partial charge in [0.25, 0.3) is 5.91 Å². The number of aromatic amines is 2. The zero-order valence-electron chi connectivity index (χ0n) is 18.2. The molecule has 4 aromatic heterocycles. The summed E-state index contributed by atoms with van der Waals surface area (Å²) in [6.45, 7) is -0.137. The van der Waals surface area contributed by atoms with E-state index < -0.39 is 0 Å². The summed E-state index contributed by atoms with van der Waals surface area (Å²) >= 11 is 0. The molecule has 9 heteroatoms. The van der Waals surface area contributed by atoms with Crippen molar-refractivity contribution in [2.75, 3.05) is 11.9 Å². The molecule has 9 nitrogen and oxygen atoms in total. The Balaban J connectivity index is 1.48. The summed E-state index contributed by atoms with van der Waals surface area (Å²) in [6.07, 6.45) is 5.11. The van der Waals surface area contributed by atoms with Crippen LogP contribution in [0.3, 0.4) is 0 Å². The van der Waals surface area contributed by atoms with Crippen molar-refractivity contribution in [3.8, 4) is 39.7 Å². The zero-order chi connectivity index (χ0) is 23.4. The van der Waals surface area contributed by atoms with Gasteiger partial charge >= 0.3 is 0 Å². The van der Waals surface area contributed by atoms with Gasteiger partial charge in [0.2, 0.25) is 0 Å². The number of anilines is 1. The van der Waals surface area contributed by atoms with Crippen molar-refractivity contribution in [3.63, 3.8) is 0 Å². The van der Waals surface area contributed by atoms with Gasteiger partial charge in [-0.05, 0) is 42.0 Å². The third-order valence-electron chi connectivity index (χ3n) is 6.02. The number of fused-ring (bicyclic) bond motifs is 9. The van der Waals surface area contributed by atoms with E-state index >= 15 is 0 Å². The molecular formula is C26H17N7O2. The molecule has 1 aliphatic rings. The molecule has 0 spiro atoms. The topological polar surface area (TPSA) is 121 Å². The molecular weight excluding hydrogens is 442 g/mol. The van der Waals surface area contributed by atoms with Gasteiger partial charge in [0.15, 0.2) is 12.4 Å². The Morgan fingerprint density at radius 1 is 0.886 bits per heavy atom. The molecule has 3 N–H and O–H groups in total. The fraction of sp³-hybridized carbons (Fsp3) is 0.0385. The van der Waals surface area contributed by atoms with Gasteiger partial charge < -0.3 is 15.0 Å². The Bertz CT molecular complexity index is 1770. The Labute approximate surface area is 198 Å². The van der Waals surface area contributed by atoms with E-state index in [0.29, 0.717) is 28.6 Å². The summed E-state index contributed by atoms with van der Waals surface area (Å²) in [5.41, 5.74) is 7.10. The van der Waals surface area contributed by atoms with Crippen LogP contribution < -0.4 is 10.1 Å². The van der Waals surface area contributed by atoms with E-state index in [1.807, 2.05) is 48.5 Å². The quantitative estimate of drug-likeness (QED) is 0.306. The van der Waals surface area contributed by atoms with Gasteiger partial charge in [0.05, 0.1) is 28.6 Å². The molecule has 0 saturated carbocycles. The summed E-state index contributed by atoms with van der Waals surface area (Å²) in [5, 5.41) is 11.4. The molecule has 0 unspecified atom stereocenters. The lowest BCUT2D eigenvalue weighted by Gasteiger charge is -2.10. The molecule has 0 saturated heterocycles. The van der Waals surface area contributed by atoms with Crippen molar-refractivity contribution in [1.82, 2.24) is 30.1 Å². The van der Waals surface area contributed by atoms with Crippen LogP contribution >= 0.6 is 0 Å². The number of aromatic nitrogens is 6. The summed E-state index contributed by atoms with van der Waals surface area (Å²) < 4.78 is 5.77. The van der Waals surface area contributed by atoms with Crippen molar-refractivity contribution in [1.29, 1.82) is 0 Å². The van der Waals surface area contributed by atoms with Gasteiger partial charge in [-0.2, -0.15) is 5.10 Å². The van der Waals surface area contributed by atoms with Gasteiger partial charge in [-0.15, -0.1) is 0 Å². The number of hydrogen-bond acceptors (Lipinski definition) is 6. The largest absolute Gasteiger partial charge is 0.484 e. The number of ether oxygens (including phenoxy) is 1. The van der Waals surface area contributed by atoms with E-state index in [1.54, 1.807) is 24.7 Å². The van der Waals surface area contributed by atoms with Gasteiger partial charge in [-0.3, -0.25) is 19.9 Å². The highest BCUT2D eigenvalue weighted by Crippen LogP contribution is 2.33. The van der Waals surface area contributed by atoms with Gasteiger partial charge in [0, 0.05) is 28.9 Å². The van der Waals surface area contributed by atoms with E-state index in [4.69, 9.17) is 9.72 Å². The molecule has 5 heterocycles.